The second-order valence-electron chi connectivity index (χ2n) is 5.73. The fourth-order valence-electron chi connectivity index (χ4n) is 2.44. The van der Waals surface area contributed by atoms with Gasteiger partial charge >= 0.3 is 0 Å². The van der Waals surface area contributed by atoms with Crippen molar-refractivity contribution in [3.63, 3.8) is 0 Å². The molecule has 8 heteroatoms. The maximum atomic E-state index is 12.4. The zero-order chi connectivity index (χ0) is 18.1. The van der Waals surface area contributed by atoms with E-state index in [2.05, 4.69) is 15.5 Å². The predicted molar refractivity (Wildman–Crippen MR) is 98.5 cm³/mol. The Morgan fingerprint density at radius 1 is 1.16 bits per heavy atom. The molecule has 0 bridgehead atoms. The molecule has 2 heterocycles. The normalized spacial score (nSPS) is 10.9. The number of aryl methyl sites for hydroxylation is 1. The molecule has 0 radical (unpaired) electrons. The van der Waals surface area contributed by atoms with Crippen LogP contribution in [0.1, 0.15) is 27.4 Å². The SMILES string of the molecule is Cc1nn(Cn2ccc(C(=O)Nc3cccc(Cl)c3C)n2)c(C)c1Cl. The number of hydrogen-bond acceptors (Lipinski definition) is 3. The summed E-state index contributed by atoms with van der Waals surface area (Å²) >= 11 is 12.2. The number of nitrogens with one attached hydrogen (secondary N) is 1. The molecule has 0 aliphatic carbocycles. The van der Waals surface area contributed by atoms with Crippen molar-refractivity contribution in [3.8, 4) is 0 Å². The highest BCUT2D eigenvalue weighted by atomic mass is 35.5. The van der Waals surface area contributed by atoms with E-state index in [0.29, 0.717) is 28.1 Å². The van der Waals surface area contributed by atoms with Gasteiger partial charge in [-0.25, -0.2) is 4.68 Å². The number of hydrogen-bond donors (Lipinski definition) is 1. The molecule has 0 saturated carbocycles. The van der Waals surface area contributed by atoms with Crippen molar-refractivity contribution in [1.29, 1.82) is 0 Å². The smallest absolute Gasteiger partial charge is 0.276 e. The Hall–Kier alpha value is -2.31. The first kappa shape index (κ1) is 17.5. The van der Waals surface area contributed by atoms with Crippen LogP contribution < -0.4 is 5.32 Å². The third-order valence-electron chi connectivity index (χ3n) is 3.96. The number of nitrogens with zero attached hydrogens (tertiary/aromatic N) is 4. The van der Waals surface area contributed by atoms with Crippen molar-refractivity contribution < 1.29 is 4.79 Å². The zero-order valence-corrected chi connectivity index (χ0v) is 15.6. The molecule has 0 saturated heterocycles. The first-order valence-corrected chi connectivity index (χ1v) is 8.42. The van der Waals surface area contributed by atoms with Crippen molar-refractivity contribution in [3.05, 3.63) is 63.2 Å². The molecule has 2 aromatic heterocycles. The van der Waals surface area contributed by atoms with Crippen molar-refractivity contribution in [2.75, 3.05) is 5.32 Å². The van der Waals surface area contributed by atoms with Crippen LogP contribution in [0.4, 0.5) is 5.69 Å². The highest BCUT2D eigenvalue weighted by Crippen LogP contribution is 2.23. The van der Waals surface area contributed by atoms with E-state index in [1.165, 1.54) is 0 Å². The fraction of sp³-hybridized carbons (Fsp3) is 0.235. The molecule has 6 nitrogen and oxygen atoms in total. The summed E-state index contributed by atoms with van der Waals surface area (Å²) in [6.45, 7) is 5.97. The summed E-state index contributed by atoms with van der Waals surface area (Å²) < 4.78 is 3.38. The lowest BCUT2D eigenvalue weighted by molar-refractivity contribution is 0.102. The van der Waals surface area contributed by atoms with E-state index in [4.69, 9.17) is 23.2 Å². The van der Waals surface area contributed by atoms with Crippen molar-refractivity contribution in [1.82, 2.24) is 19.6 Å². The van der Waals surface area contributed by atoms with Crippen LogP contribution in [0, 0.1) is 20.8 Å². The quantitative estimate of drug-likeness (QED) is 0.744. The first-order chi connectivity index (χ1) is 11.9. The summed E-state index contributed by atoms with van der Waals surface area (Å²) in [5.41, 5.74) is 3.41. The summed E-state index contributed by atoms with van der Waals surface area (Å²) in [4.78, 5) is 12.4. The third-order valence-corrected chi connectivity index (χ3v) is 4.92. The van der Waals surface area contributed by atoms with Gasteiger partial charge in [-0.15, -0.1) is 0 Å². The molecular weight excluding hydrogens is 361 g/mol. The van der Waals surface area contributed by atoms with E-state index in [-0.39, 0.29) is 5.91 Å². The van der Waals surface area contributed by atoms with Crippen LogP contribution >= 0.6 is 23.2 Å². The van der Waals surface area contributed by atoms with Gasteiger partial charge in [-0.3, -0.25) is 9.48 Å². The van der Waals surface area contributed by atoms with Gasteiger partial charge in [-0.2, -0.15) is 10.2 Å². The Bertz CT molecular complexity index is 945. The molecule has 0 aliphatic heterocycles. The van der Waals surface area contributed by atoms with E-state index < -0.39 is 0 Å². The van der Waals surface area contributed by atoms with Crippen LogP contribution in [0.2, 0.25) is 10.0 Å². The van der Waals surface area contributed by atoms with Crippen LogP contribution in [0.25, 0.3) is 0 Å². The Morgan fingerprint density at radius 3 is 2.60 bits per heavy atom. The first-order valence-electron chi connectivity index (χ1n) is 7.66. The van der Waals surface area contributed by atoms with Gasteiger partial charge in [0.1, 0.15) is 6.67 Å². The molecule has 3 rings (SSSR count). The highest BCUT2D eigenvalue weighted by molar-refractivity contribution is 6.32. The van der Waals surface area contributed by atoms with Crippen LogP contribution in [0.5, 0.6) is 0 Å². The molecule has 0 spiro atoms. The summed E-state index contributed by atoms with van der Waals surface area (Å²) in [5.74, 6) is -0.296. The number of rotatable bonds is 4. The molecule has 1 N–H and O–H groups in total. The lowest BCUT2D eigenvalue weighted by Gasteiger charge is -2.08. The Kier molecular flexibility index (Phi) is 4.83. The largest absolute Gasteiger partial charge is 0.320 e. The monoisotopic (exact) mass is 377 g/mol. The van der Waals surface area contributed by atoms with Crippen LogP contribution in [0.3, 0.4) is 0 Å². The Balaban J connectivity index is 1.75. The number of amides is 1. The third kappa shape index (κ3) is 3.55. The Labute approximate surface area is 155 Å². The van der Waals surface area contributed by atoms with E-state index in [0.717, 1.165) is 17.0 Å². The highest BCUT2D eigenvalue weighted by Gasteiger charge is 2.14. The Morgan fingerprint density at radius 2 is 1.92 bits per heavy atom. The maximum Gasteiger partial charge on any atom is 0.276 e. The summed E-state index contributed by atoms with van der Waals surface area (Å²) in [5, 5.41) is 12.7. The van der Waals surface area contributed by atoms with Crippen molar-refractivity contribution >= 4 is 34.8 Å². The molecule has 3 aromatic rings. The van der Waals surface area contributed by atoms with Gasteiger partial charge in [-0.05, 0) is 44.5 Å². The van der Waals surface area contributed by atoms with E-state index >= 15 is 0 Å². The molecular formula is C17H17Cl2N5O. The van der Waals surface area contributed by atoms with Crippen LogP contribution in [0.15, 0.2) is 30.5 Å². The van der Waals surface area contributed by atoms with E-state index in [1.807, 2.05) is 20.8 Å². The second-order valence-corrected chi connectivity index (χ2v) is 6.52. The van der Waals surface area contributed by atoms with Gasteiger partial charge in [0.2, 0.25) is 0 Å². The van der Waals surface area contributed by atoms with Crippen molar-refractivity contribution in [2.45, 2.75) is 27.4 Å². The van der Waals surface area contributed by atoms with E-state index in [9.17, 15) is 4.79 Å². The van der Waals surface area contributed by atoms with Crippen LogP contribution in [-0.2, 0) is 6.67 Å². The topological polar surface area (TPSA) is 64.7 Å². The molecule has 0 aliphatic rings. The molecule has 130 valence electrons. The number of halogens is 2. The van der Waals surface area contributed by atoms with Crippen molar-refractivity contribution in [2.24, 2.45) is 0 Å². The van der Waals surface area contributed by atoms with Gasteiger partial charge in [0.25, 0.3) is 5.91 Å². The van der Waals surface area contributed by atoms with Gasteiger partial charge in [-0.1, -0.05) is 29.3 Å². The maximum absolute atomic E-state index is 12.4. The number of carbonyl (C=O) groups is 1. The van der Waals surface area contributed by atoms with E-state index in [1.54, 1.807) is 39.8 Å². The molecule has 0 atom stereocenters. The average Bonchev–Trinajstić information content (AvgIpc) is 3.13. The minimum atomic E-state index is -0.296. The number of anilines is 1. The molecule has 0 unspecified atom stereocenters. The minimum Gasteiger partial charge on any atom is -0.320 e. The summed E-state index contributed by atoms with van der Waals surface area (Å²) in [7, 11) is 0. The zero-order valence-electron chi connectivity index (χ0n) is 14.0. The number of benzene rings is 1. The van der Waals surface area contributed by atoms with Gasteiger partial charge in [0, 0.05) is 16.9 Å². The second kappa shape index (κ2) is 6.90. The minimum absolute atomic E-state index is 0.296. The summed E-state index contributed by atoms with van der Waals surface area (Å²) in [6, 6.07) is 7.02. The van der Waals surface area contributed by atoms with Crippen LogP contribution in [-0.4, -0.2) is 25.5 Å². The standard InChI is InChI=1S/C17H17Cl2N5O/c1-10-13(18)5-4-6-14(10)20-17(25)15-7-8-23(22-15)9-24-12(3)16(19)11(2)21-24/h4-8H,9H2,1-3H3,(H,20,25). The predicted octanol–water partition coefficient (Wildman–Crippen LogP) is 4.07. The molecule has 0 fully saturated rings. The lowest BCUT2D eigenvalue weighted by atomic mass is 10.2. The summed E-state index contributed by atoms with van der Waals surface area (Å²) in [6.07, 6.45) is 1.73. The number of aromatic nitrogens is 4. The van der Waals surface area contributed by atoms with Gasteiger partial charge in [0.05, 0.1) is 16.4 Å². The number of carbonyl (C=O) groups excluding carboxylic acids is 1. The lowest BCUT2D eigenvalue weighted by Crippen LogP contribution is -2.16. The van der Waals surface area contributed by atoms with Gasteiger partial charge < -0.3 is 5.32 Å². The molecule has 1 amide bonds. The van der Waals surface area contributed by atoms with Gasteiger partial charge in [0.15, 0.2) is 5.69 Å². The molecule has 25 heavy (non-hydrogen) atoms. The molecule has 1 aromatic carbocycles. The average molecular weight is 378 g/mol. The fourth-order valence-corrected chi connectivity index (χ4v) is 2.75.